The molecule has 4 unspecified atom stereocenters. The van der Waals surface area contributed by atoms with Crippen molar-refractivity contribution in [2.75, 3.05) is 19.8 Å². The molecule has 4 aliphatic heterocycles. The van der Waals surface area contributed by atoms with Gasteiger partial charge in [0.05, 0.1) is 25.0 Å². The summed E-state index contributed by atoms with van der Waals surface area (Å²) in [7, 11) is 0. The van der Waals surface area contributed by atoms with Gasteiger partial charge in [-0.1, -0.05) is 79.9 Å². The van der Waals surface area contributed by atoms with Crippen molar-refractivity contribution in [1.82, 2.24) is 9.88 Å². The minimum Gasteiger partial charge on any atom is -0.508 e. The Kier molecular flexibility index (Phi) is 12.0. The van der Waals surface area contributed by atoms with Gasteiger partial charge < -0.3 is 45.1 Å². The summed E-state index contributed by atoms with van der Waals surface area (Å²) in [5.74, 6) is 1.95. The Balaban J connectivity index is 1.06. The van der Waals surface area contributed by atoms with E-state index < -0.39 is 6.10 Å². The molecule has 9 heteroatoms. The average molecular weight is 810 g/mol. The van der Waals surface area contributed by atoms with Crippen molar-refractivity contribution in [3.8, 4) is 17.2 Å². The SMILES string of the molecule is NC1C=CC2=C(N1)n1cc3cc(C4(c5ccccc5)CCOCC4)cc(c3c1)COc1c(O)ccc3c1CCC(C3)C(O)CC(CCCCCCc1ccc(O)cc1)OC2. The molecule has 4 aromatic carbocycles. The zero-order valence-electron chi connectivity index (χ0n) is 34.5. The normalized spacial score (nSPS) is 22.8. The number of fused-ring (bicyclic) bond motifs is 6. The molecule has 0 saturated carbocycles. The lowest BCUT2D eigenvalue weighted by Crippen LogP contribution is -2.39. The lowest BCUT2D eigenvalue weighted by atomic mass is 9.68. The van der Waals surface area contributed by atoms with Gasteiger partial charge >= 0.3 is 0 Å². The molecule has 0 amide bonds. The van der Waals surface area contributed by atoms with Gasteiger partial charge in [-0.2, -0.15) is 0 Å². The predicted molar refractivity (Wildman–Crippen MR) is 236 cm³/mol. The van der Waals surface area contributed by atoms with E-state index in [9.17, 15) is 15.3 Å². The number of aryl methyl sites for hydroxylation is 1. The number of dihydropyridines is 1. The van der Waals surface area contributed by atoms with Crippen molar-refractivity contribution in [2.24, 2.45) is 11.7 Å². The van der Waals surface area contributed by atoms with E-state index in [1.165, 1.54) is 16.7 Å². The second-order valence-electron chi connectivity index (χ2n) is 17.5. The largest absolute Gasteiger partial charge is 0.508 e. The number of nitrogens with two attached hydrogens (primary N) is 1. The topological polar surface area (TPSA) is 131 Å². The molecule has 314 valence electrons. The first-order valence-corrected chi connectivity index (χ1v) is 22.1. The molecular weight excluding hydrogens is 751 g/mol. The minimum absolute atomic E-state index is 0.0791. The first kappa shape index (κ1) is 40.4. The number of hydrogen-bond acceptors (Lipinski definition) is 8. The van der Waals surface area contributed by atoms with Crippen LogP contribution >= 0.6 is 0 Å². The number of unbranched alkanes of at least 4 members (excludes halogenated alkanes) is 3. The Morgan fingerprint density at radius 1 is 0.850 bits per heavy atom. The molecule has 1 aliphatic carbocycles. The number of nitrogens with zero attached hydrogens (tertiary/aromatic N) is 1. The van der Waals surface area contributed by atoms with Crippen molar-refractivity contribution in [3.63, 3.8) is 0 Å². The third-order valence-electron chi connectivity index (χ3n) is 13.6. The van der Waals surface area contributed by atoms with Crippen molar-refractivity contribution >= 4 is 16.6 Å². The molecule has 0 radical (unpaired) electrons. The highest BCUT2D eigenvalue weighted by atomic mass is 16.5. The molecule has 6 bridgehead atoms. The Morgan fingerprint density at radius 3 is 2.50 bits per heavy atom. The smallest absolute Gasteiger partial charge is 0.164 e. The summed E-state index contributed by atoms with van der Waals surface area (Å²) >= 11 is 0. The third-order valence-corrected chi connectivity index (χ3v) is 13.6. The van der Waals surface area contributed by atoms with E-state index in [2.05, 4.69) is 70.8 Å². The molecule has 6 N–H and O–H groups in total. The quantitative estimate of drug-likeness (QED) is 0.0935. The molecule has 4 atom stereocenters. The van der Waals surface area contributed by atoms with Gasteiger partial charge in [-0.3, -0.25) is 0 Å². The van der Waals surface area contributed by atoms with Crippen LogP contribution in [0, 0.1) is 5.92 Å². The van der Waals surface area contributed by atoms with Gasteiger partial charge in [0.15, 0.2) is 11.5 Å². The zero-order valence-corrected chi connectivity index (χ0v) is 34.5. The highest BCUT2D eigenvalue weighted by Gasteiger charge is 2.37. The molecule has 10 rings (SSSR count). The summed E-state index contributed by atoms with van der Waals surface area (Å²) in [5, 5.41) is 38.5. The van der Waals surface area contributed by atoms with Crippen LogP contribution in [-0.2, 0) is 40.8 Å². The van der Waals surface area contributed by atoms with E-state index in [-0.39, 0.29) is 36.0 Å². The van der Waals surface area contributed by atoms with E-state index in [1.54, 1.807) is 18.2 Å². The second kappa shape index (κ2) is 17.9. The van der Waals surface area contributed by atoms with Crippen LogP contribution in [0.25, 0.3) is 16.6 Å². The number of aromatic nitrogens is 1. The van der Waals surface area contributed by atoms with Crippen molar-refractivity contribution in [2.45, 2.75) is 107 Å². The minimum atomic E-state index is -0.526. The van der Waals surface area contributed by atoms with E-state index in [4.69, 9.17) is 19.9 Å². The van der Waals surface area contributed by atoms with Crippen LogP contribution in [0.1, 0.15) is 91.2 Å². The summed E-state index contributed by atoms with van der Waals surface area (Å²) < 4.78 is 21.7. The van der Waals surface area contributed by atoms with Crippen molar-refractivity contribution in [3.05, 3.63) is 142 Å². The number of aliphatic hydroxyl groups is 1. The fourth-order valence-corrected chi connectivity index (χ4v) is 10.2. The summed E-state index contributed by atoms with van der Waals surface area (Å²) in [4.78, 5) is 0. The molecule has 0 spiro atoms. The molecule has 5 aliphatic rings. The van der Waals surface area contributed by atoms with Crippen LogP contribution < -0.4 is 15.8 Å². The Morgan fingerprint density at radius 2 is 1.67 bits per heavy atom. The molecule has 5 heterocycles. The highest BCUT2D eigenvalue weighted by Crippen LogP contribution is 2.45. The first-order valence-electron chi connectivity index (χ1n) is 22.1. The maximum absolute atomic E-state index is 11.8. The average Bonchev–Trinajstić information content (AvgIpc) is 3.72. The lowest BCUT2D eigenvalue weighted by Gasteiger charge is -2.39. The summed E-state index contributed by atoms with van der Waals surface area (Å²) in [5.41, 5.74) is 14.3. The number of aliphatic hydroxyl groups excluding tert-OH is 1. The number of nitrogens with one attached hydrogen (secondary N) is 1. The fourth-order valence-electron chi connectivity index (χ4n) is 10.2. The van der Waals surface area contributed by atoms with Gasteiger partial charge in [0.1, 0.15) is 18.2 Å². The van der Waals surface area contributed by atoms with Gasteiger partial charge in [-0.05, 0) is 122 Å². The van der Waals surface area contributed by atoms with Gasteiger partial charge in [0.25, 0.3) is 0 Å². The van der Waals surface area contributed by atoms with E-state index in [0.717, 1.165) is 109 Å². The van der Waals surface area contributed by atoms with Gasteiger partial charge in [0, 0.05) is 52.9 Å². The monoisotopic (exact) mass is 809 g/mol. The number of benzene rings is 4. The molecule has 1 fully saturated rings. The standard InChI is InChI=1S/C51H59N3O6/c52-48-21-16-37-32-59-43(11-7-2-1-4-8-34-12-17-42(55)18-13-34)29-47(57)36-14-19-44-35(26-36)15-20-46(56)49(44)60-33-39-28-41(27-38-30-54(31-45(38)39)50(37)53-48)51(22-24-58-25-23-51)40-9-5-3-6-10-40/h3,5-6,9-10,12-13,15-18,20-21,27-28,30-31,36,43,47-48,53,55-57H,1-2,4,7-8,11,14,19,22-26,29,32-33,52H2. The van der Waals surface area contributed by atoms with Crippen LogP contribution in [0.3, 0.4) is 0 Å². The number of rotatable bonds is 9. The lowest BCUT2D eigenvalue weighted by molar-refractivity contribution is -0.00195. The maximum atomic E-state index is 11.8. The molecule has 1 aromatic heterocycles. The predicted octanol–water partition coefficient (Wildman–Crippen LogP) is 8.79. The van der Waals surface area contributed by atoms with Crippen LogP contribution in [-0.4, -0.2) is 58.1 Å². The number of aromatic hydroxyl groups is 2. The third kappa shape index (κ3) is 8.59. The Labute approximate surface area is 353 Å². The Bertz CT molecular complexity index is 2330. The molecular formula is C51H59N3O6. The van der Waals surface area contributed by atoms with Crippen LogP contribution in [0.5, 0.6) is 17.2 Å². The van der Waals surface area contributed by atoms with Gasteiger partial charge in [-0.25, -0.2) is 0 Å². The molecule has 5 aromatic rings. The van der Waals surface area contributed by atoms with Crippen molar-refractivity contribution in [1.29, 1.82) is 0 Å². The summed E-state index contributed by atoms with van der Waals surface area (Å²) in [6.07, 6.45) is 18.1. The Hall–Kier alpha value is -5.06. The fraction of sp³-hybridized carbons (Fsp3) is 0.412. The van der Waals surface area contributed by atoms with E-state index in [0.29, 0.717) is 37.7 Å². The number of hydrogen-bond donors (Lipinski definition) is 5. The summed E-state index contributed by atoms with van der Waals surface area (Å²) in [6.45, 7) is 2.04. The molecule has 9 nitrogen and oxygen atoms in total. The number of phenols is 2. The zero-order chi connectivity index (χ0) is 41.1. The number of phenolic OH excluding ortho intramolecular Hbond substituents is 2. The van der Waals surface area contributed by atoms with E-state index in [1.807, 2.05) is 24.3 Å². The van der Waals surface area contributed by atoms with Crippen molar-refractivity contribution < 1.29 is 29.5 Å². The molecule has 1 saturated heterocycles. The van der Waals surface area contributed by atoms with Gasteiger partial charge in [0.2, 0.25) is 0 Å². The first-order chi connectivity index (χ1) is 29.3. The highest BCUT2D eigenvalue weighted by molar-refractivity contribution is 5.88. The van der Waals surface area contributed by atoms with Crippen LogP contribution in [0.2, 0.25) is 0 Å². The van der Waals surface area contributed by atoms with E-state index >= 15 is 0 Å². The summed E-state index contributed by atoms with van der Waals surface area (Å²) in [6, 6.07) is 26.7. The number of ether oxygens (including phenoxy) is 3. The second-order valence-corrected chi connectivity index (χ2v) is 17.5. The van der Waals surface area contributed by atoms with Gasteiger partial charge in [-0.15, -0.1) is 0 Å². The van der Waals surface area contributed by atoms with Crippen LogP contribution in [0.15, 0.2) is 109 Å². The maximum Gasteiger partial charge on any atom is 0.164 e. The molecule has 60 heavy (non-hydrogen) atoms. The van der Waals surface area contributed by atoms with Crippen LogP contribution in [0.4, 0.5) is 0 Å².